The standard InChI is InChI=1S/C9H15PS2/c11-9(12)8-7-3-1-2-5-10(8)6-4-7/h7-8H,1-6H2,(H,11,12). The summed E-state index contributed by atoms with van der Waals surface area (Å²) in [5, 5.41) is 0. The monoisotopic (exact) mass is 218 g/mol. The molecule has 0 aromatic rings. The number of hydrogen-bond donors (Lipinski definition) is 1. The lowest BCUT2D eigenvalue weighted by atomic mass is 9.97. The van der Waals surface area contributed by atoms with Crippen LogP contribution in [-0.4, -0.2) is 22.2 Å². The van der Waals surface area contributed by atoms with Gasteiger partial charge in [0.25, 0.3) is 0 Å². The van der Waals surface area contributed by atoms with Crippen LogP contribution >= 0.6 is 32.8 Å². The van der Waals surface area contributed by atoms with Crippen LogP contribution in [-0.2, 0) is 0 Å². The molecule has 3 heteroatoms. The molecule has 0 radical (unpaired) electrons. The normalized spacial score (nSPS) is 40.9. The molecule has 0 N–H and O–H groups in total. The van der Waals surface area contributed by atoms with E-state index in [-0.39, 0.29) is 7.92 Å². The number of thiocarbonyl (C=S) groups is 1. The third-order valence-corrected chi connectivity index (χ3v) is 7.25. The first-order valence-corrected chi connectivity index (χ1v) is 7.39. The van der Waals surface area contributed by atoms with Crippen molar-refractivity contribution in [3.8, 4) is 0 Å². The second kappa shape index (κ2) is 3.94. The van der Waals surface area contributed by atoms with Crippen LogP contribution in [0.1, 0.15) is 25.7 Å². The smallest absolute Gasteiger partial charge is 0.0524 e. The first kappa shape index (κ1) is 9.43. The Kier molecular flexibility index (Phi) is 3.09. The van der Waals surface area contributed by atoms with Crippen molar-refractivity contribution in [1.82, 2.24) is 0 Å². The quantitative estimate of drug-likeness (QED) is 0.400. The Morgan fingerprint density at radius 3 is 2.83 bits per heavy atom. The maximum atomic E-state index is 5.25. The summed E-state index contributed by atoms with van der Waals surface area (Å²) in [7, 11) is 0.257. The molecule has 2 aliphatic heterocycles. The van der Waals surface area contributed by atoms with E-state index in [1.165, 1.54) is 38.0 Å². The van der Waals surface area contributed by atoms with Crippen molar-refractivity contribution in [2.75, 3.05) is 12.3 Å². The van der Waals surface area contributed by atoms with Gasteiger partial charge in [-0.15, -0.1) is 12.6 Å². The highest BCUT2D eigenvalue weighted by Gasteiger charge is 2.38. The number of thiol groups is 1. The molecule has 2 heterocycles. The summed E-state index contributed by atoms with van der Waals surface area (Å²) in [6.45, 7) is 0. The summed E-state index contributed by atoms with van der Waals surface area (Å²) < 4.78 is 1.02. The SMILES string of the molecule is S=C(S)C1C2CCCCP1CC2. The highest BCUT2D eigenvalue weighted by Crippen LogP contribution is 2.57. The van der Waals surface area contributed by atoms with E-state index in [1.807, 2.05) is 0 Å². The molecule has 12 heavy (non-hydrogen) atoms. The molecule has 0 spiro atoms. The number of rotatable bonds is 1. The molecule has 2 aliphatic rings. The van der Waals surface area contributed by atoms with Crippen molar-refractivity contribution >= 4 is 37.0 Å². The lowest BCUT2D eigenvalue weighted by Crippen LogP contribution is -2.17. The Labute approximate surface area is 86.7 Å². The molecule has 0 aromatic carbocycles. The average Bonchev–Trinajstić information content (AvgIpc) is 2.24. The summed E-state index contributed by atoms with van der Waals surface area (Å²) in [6, 6.07) is 0. The van der Waals surface area contributed by atoms with Crippen LogP contribution < -0.4 is 0 Å². The van der Waals surface area contributed by atoms with Crippen molar-refractivity contribution in [2.45, 2.75) is 31.3 Å². The van der Waals surface area contributed by atoms with Gasteiger partial charge in [0.2, 0.25) is 0 Å². The minimum absolute atomic E-state index is 0.257. The highest BCUT2D eigenvalue weighted by atomic mass is 32.1. The Balaban J connectivity index is 2.14. The van der Waals surface area contributed by atoms with Crippen LogP contribution in [0.5, 0.6) is 0 Å². The van der Waals surface area contributed by atoms with Crippen molar-refractivity contribution in [3.63, 3.8) is 0 Å². The highest BCUT2D eigenvalue weighted by molar-refractivity contribution is 8.12. The number of hydrogen-bond acceptors (Lipinski definition) is 1. The maximum absolute atomic E-state index is 5.25. The van der Waals surface area contributed by atoms with Crippen LogP contribution in [0, 0.1) is 5.92 Å². The second-order valence-electron chi connectivity index (χ2n) is 3.86. The minimum Gasteiger partial charge on any atom is -0.136 e. The van der Waals surface area contributed by atoms with Gasteiger partial charge >= 0.3 is 0 Å². The van der Waals surface area contributed by atoms with Crippen molar-refractivity contribution in [2.24, 2.45) is 5.92 Å². The first-order chi connectivity index (χ1) is 5.79. The van der Waals surface area contributed by atoms with Gasteiger partial charge < -0.3 is 0 Å². The summed E-state index contributed by atoms with van der Waals surface area (Å²) in [5.41, 5.74) is 0.751. The fourth-order valence-corrected chi connectivity index (χ4v) is 7.18. The maximum Gasteiger partial charge on any atom is 0.0524 e. The topological polar surface area (TPSA) is 0 Å². The van der Waals surface area contributed by atoms with E-state index in [0.717, 1.165) is 15.8 Å². The van der Waals surface area contributed by atoms with Gasteiger partial charge in [-0.2, -0.15) is 0 Å². The van der Waals surface area contributed by atoms with E-state index in [0.29, 0.717) is 0 Å². The predicted molar refractivity (Wildman–Crippen MR) is 64.0 cm³/mol. The molecule has 68 valence electrons. The van der Waals surface area contributed by atoms with Gasteiger partial charge in [-0.25, -0.2) is 0 Å². The van der Waals surface area contributed by atoms with E-state index in [9.17, 15) is 0 Å². The van der Waals surface area contributed by atoms with Gasteiger partial charge in [0.1, 0.15) is 0 Å². The van der Waals surface area contributed by atoms with Crippen molar-refractivity contribution < 1.29 is 0 Å². The largest absolute Gasteiger partial charge is 0.136 e. The van der Waals surface area contributed by atoms with Crippen LogP contribution in [0.4, 0.5) is 0 Å². The molecule has 3 atom stereocenters. The lowest BCUT2D eigenvalue weighted by molar-refractivity contribution is 0.502. The van der Waals surface area contributed by atoms with E-state index in [2.05, 4.69) is 12.6 Å². The van der Waals surface area contributed by atoms with Crippen molar-refractivity contribution in [3.05, 3.63) is 0 Å². The zero-order chi connectivity index (χ0) is 8.55. The molecule has 2 bridgehead atoms. The fraction of sp³-hybridized carbons (Fsp3) is 0.889. The molecule has 2 saturated heterocycles. The molecular formula is C9H15PS2. The van der Waals surface area contributed by atoms with Crippen LogP contribution in [0.3, 0.4) is 0 Å². The summed E-state index contributed by atoms with van der Waals surface area (Å²) in [4.78, 5) is 0. The molecule has 0 aliphatic carbocycles. The molecule has 2 rings (SSSR count). The molecular weight excluding hydrogens is 203 g/mol. The average molecular weight is 218 g/mol. The summed E-state index contributed by atoms with van der Waals surface area (Å²) >= 11 is 9.65. The van der Waals surface area contributed by atoms with Gasteiger partial charge in [-0.3, -0.25) is 0 Å². The van der Waals surface area contributed by atoms with Crippen LogP contribution in [0.25, 0.3) is 0 Å². The van der Waals surface area contributed by atoms with Gasteiger partial charge in [0.15, 0.2) is 0 Å². The molecule has 3 unspecified atom stereocenters. The number of fused-ring (bicyclic) bond motifs is 2. The molecule has 0 saturated carbocycles. The molecule has 0 aromatic heterocycles. The molecule has 2 fully saturated rings. The van der Waals surface area contributed by atoms with E-state index >= 15 is 0 Å². The Morgan fingerprint density at radius 2 is 2.08 bits per heavy atom. The van der Waals surface area contributed by atoms with Gasteiger partial charge in [0, 0.05) is 5.66 Å². The zero-order valence-corrected chi connectivity index (χ0v) is 9.81. The first-order valence-electron chi connectivity index (χ1n) is 4.76. The van der Waals surface area contributed by atoms with E-state index in [4.69, 9.17) is 12.2 Å². The summed E-state index contributed by atoms with van der Waals surface area (Å²) in [5.74, 6) is 0.920. The van der Waals surface area contributed by atoms with Gasteiger partial charge in [-0.05, 0) is 37.5 Å². The van der Waals surface area contributed by atoms with Crippen LogP contribution in [0.2, 0.25) is 0 Å². The Morgan fingerprint density at radius 1 is 1.25 bits per heavy atom. The molecule has 0 amide bonds. The van der Waals surface area contributed by atoms with E-state index < -0.39 is 0 Å². The third-order valence-electron chi connectivity index (χ3n) is 3.15. The summed E-state index contributed by atoms with van der Waals surface area (Å²) in [6.07, 6.45) is 8.70. The van der Waals surface area contributed by atoms with Crippen LogP contribution in [0.15, 0.2) is 0 Å². The minimum atomic E-state index is 0.257. The molecule has 0 nitrogen and oxygen atoms in total. The third kappa shape index (κ3) is 1.71. The Hall–Kier alpha value is 0.870. The van der Waals surface area contributed by atoms with Gasteiger partial charge in [-0.1, -0.05) is 26.6 Å². The lowest BCUT2D eigenvalue weighted by Gasteiger charge is -2.20. The predicted octanol–water partition coefficient (Wildman–Crippen LogP) is 3.30. The van der Waals surface area contributed by atoms with Crippen molar-refractivity contribution in [1.29, 1.82) is 0 Å². The Bertz CT molecular complexity index is 179. The van der Waals surface area contributed by atoms with E-state index in [1.54, 1.807) is 0 Å². The van der Waals surface area contributed by atoms with Gasteiger partial charge in [0.05, 0.1) is 4.20 Å². The second-order valence-corrected chi connectivity index (χ2v) is 7.72. The fourth-order valence-electron chi connectivity index (χ4n) is 2.56. The zero-order valence-electron chi connectivity index (χ0n) is 7.20.